The molecule has 94 valence electrons. The summed E-state index contributed by atoms with van der Waals surface area (Å²) in [7, 11) is 0. The molecule has 0 aliphatic heterocycles. The van der Waals surface area contributed by atoms with Crippen LogP contribution in [0.1, 0.15) is 11.1 Å². The van der Waals surface area contributed by atoms with E-state index in [1.54, 1.807) is 11.8 Å². The van der Waals surface area contributed by atoms with Gasteiger partial charge in [0, 0.05) is 22.2 Å². The fourth-order valence-corrected chi connectivity index (χ4v) is 2.41. The first-order valence-electron chi connectivity index (χ1n) is 5.82. The first-order valence-corrected chi connectivity index (χ1v) is 7.42. The van der Waals surface area contributed by atoms with E-state index in [1.807, 2.05) is 13.0 Å². The normalized spacial score (nSPS) is 10.4. The van der Waals surface area contributed by atoms with E-state index in [4.69, 9.17) is 11.6 Å². The largest absolute Gasteiger partial charge is 0.381 e. The van der Waals surface area contributed by atoms with Crippen LogP contribution in [0.4, 0.5) is 5.69 Å². The fourth-order valence-electron chi connectivity index (χ4n) is 1.70. The standard InChI is InChI=1S/C15H16ClNS/c1-11-3-4-12(15(16)9-11)10-17-13-5-7-14(18-2)8-6-13/h3-9,17H,10H2,1-2H3. The van der Waals surface area contributed by atoms with Gasteiger partial charge in [0.1, 0.15) is 0 Å². The van der Waals surface area contributed by atoms with Crippen LogP contribution in [0.15, 0.2) is 47.4 Å². The Balaban J connectivity index is 2.02. The fraction of sp³-hybridized carbons (Fsp3) is 0.200. The van der Waals surface area contributed by atoms with E-state index < -0.39 is 0 Å². The summed E-state index contributed by atoms with van der Waals surface area (Å²) in [5.74, 6) is 0. The molecule has 0 atom stereocenters. The zero-order valence-electron chi connectivity index (χ0n) is 10.5. The molecule has 2 rings (SSSR count). The zero-order chi connectivity index (χ0) is 13.0. The highest BCUT2D eigenvalue weighted by Crippen LogP contribution is 2.21. The van der Waals surface area contributed by atoms with Gasteiger partial charge in [0.2, 0.25) is 0 Å². The molecule has 18 heavy (non-hydrogen) atoms. The minimum Gasteiger partial charge on any atom is -0.381 e. The van der Waals surface area contributed by atoms with Crippen LogP contribution in [-0.4, -0.2) is 6.26 Å². The Labute approximate surface area is 118 Å². The Morgan fingerprint density at radius 2 is 1.83 bits per heavy atom. The summed E-state index contributed by atoms with van der Waals surface area (Å²) < 4.78 is 0. The first kappa shape index (κ1) is 13.3. The Kier molecular flexibility index (Phi) is 4.56. The summed E-state index contributed by atoms with van der Waals surface area (Å²) in [5, 5.41) is 4.20. The molecule has 2 aromatic rings. The molecule has 0 saturated heterocycles. The maximum atomic E-state index is 6.20. The van der Waals surface area contributed by atoms with Crippen LogP contribution >= 0.6 is 23.4 Å². The van der Waals surface area contributed by atoms with E-state index in [1.165, 1.54) is 10.5 Å². The van der Waals surface area contributed by atoms with Crippen molar-refractivity contribution in [2.45, 2.75) is 18.4 Å². The van der Waals surface area contributed by atoms with Gasteiger partial charge in [0.25, 0.3) is 0 Å². The van der Waals surface area contributed by atoms with Gasteiger partial charge in [0.15, 0.2) is 0 Å². The molecule has 0 aliphatic carbocycles. The third-order valence-corrected chi connectivity index (χ3v) is 3.88. The molecule has 0 fully saturated rings. The van der Waals surface area contributed by atoms with Crippen molar-refractivity contribution in [2.24, 2.45) is 0 Å². The lowest BCUT2D eigenvalue weighted by atomic mass is 10.1. The van der Waals surface area contributed by atoms with E-state index in [2.05, 4.69) is 48.0 Å². The number of hydrogen-bond acceptors (Lipinski definition) is 2. The van der Waals surface area contributed by atoms with Crippen LogP contribution in [0.2, 0.25) is 5.02 Å². The van der Waals surface area contributed by atoms with Crippen LogP contribution in [0, 0.1) is 6.92 Å². The Bertz CT molecular complexity index is 523. The lowest BCUT2D eigenvalue weighted by Gasteiger charge is -2.09. The SMILES string of the molecule is CSc1ccc(NCc2ccc(C)cc2Cl)cc1. The number of rotatable bonds is 4. The minimum atomic E-state index is 0.748. The molecule has 0 radical (unpaired) electrons. The summed E-state index contributed by atoms with van der Waals surface area (Å²) >= 11 is 7.95. The van der Waals surface area contributed by atoms with Crippen molar-refractivity contribution in [3.8, 4) is 0 Å². The van der Waals surface area contributed by atoms with E-state index >= 15 is 0 Å². The summed E-state index contributed by atoms with van der Waals surface area (Å²) in [6, 6.07) is 14.6. The van der Waals surface area contributed by atoms with E-state index in [0.29, 0.717) is 0 Å². The van der Waals surface area contributed by atoms with Gasteiger partial charge < -0.3 is 5.32 Å². The van der Waals surface area contributed by atoms with Gasteiger partial charge in [-0.2, -0.15) is 0 Å². The number of aryl methyl sites for hydroxylation is 1. The Hall–Kier alpha value is -1.12. The second kappa shape index (κ2) is 6.17. The van der Waals surface area contributed by atoms with Crippen LogP contribution < -0.4 is 5.32 Å². The number of hydrogen-bond donors (Lipinski definition) is 1. The van der Waals surface area contributed by atoms with Crippen LogP contribution in [-0.2, 0) is 6.54 Å². The van der Waals surface area contributed by atoms with E-state index in [0.717, 1.165) is 22.8 Å². The summed E-state index contributed by atoms with van der Waals surface area (Å²) in [6.07, 6.45) is 2.08. The smallest absolute Gasteiger partial charge is 0.0458 e. The van der Waals surface area contributed by atoms with Crippen LogP contribution in [0.25, 0.3) is 0 Å². The summed E-state index contributed by atoms with van der Waals surface area (Å²) in [4.78, 5) is 1.27. The number of halogens is 1. The van der Waals surface area contributed by atoms with Crippen molar-refractivity contribution in [1.29, 1.82) is 0 Å². The summed E-state index contributed by atoms with van der Waals surface area (Å²) in [6.45, 7) is 2.79. The molecule has 0 aliphatic rings. The Morgan fingerprint density at radius 3 is 2.44 bits per heavy atom. The molecule has 0 bridgehead atoms. The molecule has 3 heteroatoms. The van der Waals surface area contributed by atoms with Gasteiger partial charge in [-0.3, -0.25) is 0 Å². The second-order valence-electron chi connectivity index (χ2n) is 4.18. The highest BCUT2D eigenvalue weighted by atomic mass is 35.5. The predicted octanol–water partition coefficient (Wildman–Crippen LogP) is 4.98. The number of anilines is 1. The van der Waals surface area contributed by atoms with Gasteiger partial charge in [-0.25, -0.2) is 0 Å². The highest BCUT2D eigenvalue weighted by molar-refractivity contribution is 7.98. The second-order valence-corrected chi connectivity index (χ2v) is 5.46. The van der Waals surface area contributed by atoms with Gasteiger partial charge in [-0.15, -0.1) is 11.8 Å². The van der Waals surface area contributed by atoms with Crippen molar-refractivity contribution in [2.75, 3.05) is 11.6 Å². The maximum absolute atomic E-state index is 6.20. The molecule has 1 N–H and O–H groups in total. The lowest BCUT2D eigenvalue weighted by Crippen LogP contribution is -2.00. The molecular formula is C15H16ClNS. The highest BCUT2D eigenvalue weighted by Gasteiger charge is 2.00. The zero-order valence-corrected chi connectivity index (χ0v) is 12.1. The van der Waals surface area contributed by atoms with Crippen molar-refractivity contribution in [3.05, 3.63) is 58.6 Å². The van der Waals surface area contributed by atoms with E-state index in [9.17, 15) is 0 Å². The van der Waals surface area contributed by atoms with Crippen LogP contribution in [0.3, 0.4) is 0 Å². The third-order valence-electron chi connectivity index (χ3n) is 2.78. The quantitative estimate of drug-likeness (QED) is 0.791. The molecular weight excluding hydrogens is 262 g/mol. The third kappa shape index (κ3) is 3.44. The molecule has 0 spiro atoms. The number of benzene rings is 2. The van der Waals surface area contributed by atoms with Crippen molar-refractivity contribution in [3.63, 3.8) is 0 Å². The summed E-state index contributed by atoms with van der Waals surface area (Å²) in [5.41, 5.74) is 3.42. The predicted molar refractivity (Wildman–Crippen MR) is 81.7 cm³/mol. The monoisotopic (exact) mass is 277 g/mol. The average molecular weight is 278 g/mol. The van der Waals surface area contributed by atoms with Gasteiger partial charge in [0.05, 0.1) is 0 Å². The van der Waals surface area contributed by atoms with Crippen LogP contribution in [0.5, 0.6) is 0 Å². The maximum Gasteiger partial charge on any atom is 0.0458 e. The molecule has 0 amide bonds. The molecule has 0 saturated carbocycles. The lowest BCUT2D eigenvalue weighted by molar-refractivity contribution is 1.14. The topological polar surface area (TPSA) is 12.0 Å². The molecule has 0 unspecified atom stereocenters. The van der Waals surface area contributed by atoms with Gasteiger partial charge in [-0.05, 0) is 54.6 Å². The van der Waals surface area contributed by atoms with Crippen molar-refractivity contribution >= 4 is 29.1 Å². The minimum absolute atomic E-state index is 0.748. The van der Waals surface area contributed by atoms with Gasteiger partial charge >= 0.3 is 0 Å². The van der Waals surface area contributed by atoms with Crippen molar-refractivity contribution in [1.82, 2.24) is 0 Å². The number of nitrogens with one attached hydrogen (secondary N) is 1. The Morgan fingerprint density at radius 1 is 1.11 bits per heavy atom. The average Bonchev–Trinajstić information content (AvgIpc) is 2.38. The number of thioether (sulfide) groups is 1. The first-order chi connectivity index (χ1) is 8.69. The molecule has 0 aromatic heterocycles. The molecule has 1 nitrogen and oxygen atoms in total. The molecule has 2 aromatic carbocycles. The molecule has 0 heterocycles. The van der Waals surface area contributed by atoms with Crippen molar-refractivity contribution < 1.29 is 0 Å². The van der Waals surface area contributed by atoms with Gasteiger partial charge in [-0.1, -0.05) is 23.7 Å². The van der Waals surface area contributed by atoms with E-state index in [-0.39, 0.29) is 0 Å².